The zero-order valence-corrected chi connectivity index (χ0v) is 24.1. The fourth-order valence-electron chi connectivity index (χ4n) is 2.99. The minimum atomic E-state index is -0.134. The van der Waals surface area contributed by atoms with E-state index in [1.807, 2.05) is 0 Å². The Morgan fingerprint density at radius 2 is 0.806 bits per heavy atom. The van der Waals surface area contributed by atoms with E-state index in [2.05, 4.69) is 22.9 Å². The van der Waals surface area contributed by atoms with Gasteiger partial charge in [0.1, 0.15) is 6.61 Å². The van der Waals surface area contributed by atoms with Crippen LogP contribution >= 0.6 is 15.9 Å². The Bertz CT molecular complexity index is 430. The molecule has 0 amide bonds. The van der Waals surface area contributed by atoms with Gasteiger partial charge in [0.25, 0.3) is 0 Å². The predicted molar refractivity (Wildman–Crippen MR) is 143 cm³/mol. The third-order valence-corrected chi connectivity index (χ3v) is 5.25. The Kier molecular flexibility index (Phi) is 32.4. The van der Waals surface area contributed by atoms with Crippen LogP contribution in [0.15, 0.2) is 0 Å². The summed E-state index contributed by atoms with van der Waals surface area (Å²) in [7, 11) is 0. The molecule has 0 aliphatic rings. The molecule has 216 valence electrons. The van der Waals surface area contributed by atoms with Gasteiger partial charge in [-0.1, -0.05) is 61.4 Å². The van der Waals surface area contributed by atoms with Crippen molar-refractivity contribution in [2.75, 3.05) is 104 Å². The molecule has 0 aromatic rings. The number of esters is 1. The van der Waals surface area contributed by atoms with Gasteiger partial charge in [0.15, 0.2) is 0 Å². The summed E-state index contributed by atoms with van der Waals surface area (Å²) in [5.41, 5.74) is 0. The summed E-state index contributed by atoms with van der Waals surface area (Å²) in [5, 5.41) is 0.839. The van der Waals surface area contributed by atoms with Crippen molar-refractivity contribution < 1.29 is 42.7 Å². The highest BCUT2D eigenvalue weighted by Gasteiger charge is 2.02. The number of hydrogen-bond donors (Lipinski definition) is 0. The lowest BCUT2D eigenvalue weighted by Gasteiger charge is -2.08. The van der Waals surface area contributed by atoms with Crippen LogP contribution in [0.3, 0.4) is 0 Å². The molecule has 9 nitrogen and oxygen atoms in total. The van der Waals surface area contributed by atoms with Crippen LogP contribution < -0.4 is 0 Å². The molecule has 0 aromatic heterocycles. The van der Waals surface area contributed by atoms with E-state index in [0.717, 1.165) is 18.2 Å². The molecule has 0 saturated heterocycles. The van der Waals surface area contributed by atoms with Crippen molar-refractivity contribution in [2.45, 2.75) is 58.3 Å². The van der Waals surface area contributed by atoms with Crippen molar-refractivity contribution in [1.29, 1.82) is 0 Å². The van der Waals surface area contributed by atoms with Crippen LogP contribution in [0.4, 0.5) is 0 Å². The van der Waals surface area contributed by atoms with Gasteiger partial charge in [0, 0.05) is 11.8 Å². The first-order valence-corrected chi connectivity index (χ1v) is 14.7. The second kappa shape index (κ2) is 32.7. The van der Waals surface area contributed by atoms with Crippen LogP contribution in [-0.2, 0) is 42.7 Å². The fraction of sp³-hybridized carbons (Fsp3) is 0.962. The monoisotopic (exact) mass is 586 g/mol. The molecule has 0 aliphatic carbocycles. The molecule has 36 heavy (non-hydrogen) atoms. The van der Waals surface area contributed by atoms with E-state index in [1.165, 1.54) is 32.1 Å². The van der Waals surface area contributed by atoms with E-state index in [4.69, 9.17) is 37.9 Å². The maximum absolute atomic E-state index is 11.7. The van der Waals surface area contributed by atoms with Crippen molar-refractivity contribution in [3.63, 3.8) is 0 Å². The number of carbonyl (C=O) groups excluding carboxylic acids is 1. The van der Waals surface area contributed by atoms with E-state index in [0.29, 0.717) is 106 Å². The van der Waals surface area contributed by atoms with E-state index in [1.54, 1.807) is 0 Å². The van der Waals surface area contributed by atoms with Crippen LogP contribution in [0.5, 0.6) is 0 Å². The van der Waals surface area contributed by atoms with Crippen LogP contribution in [0.25, 0.3) is 0 Å². The molecule has 10 heteroatoms. The number of halogens is 1. The molecule has 0 spiro atoms. The summed E-state index contributed by atoms with van der Waals surface area (Å²) in [6.07, 6.45) is 8.85. The van der Waals surface area contributed by atoms with Crippen LogP contribution in [0, 0.1) is 0 Å². The van der Waals surface area contributed by atoms with Crippen LogP contribution in [-0.4, -0.2) is 110 Å². The summed E-state index contributed by atoms with van der Waals surface area (Å²) in [4.78, 5) is 11.7. The van der Waals surface area contributed by atoms with Gasteiger partial charge >= 0.3 is 5.97 Å². The zero-order valence-electron chi connectivity index (χ0n) is 22.5. The van der Waals surface area contributed by atoms with Crippen molar-refractivity contribution in [2.24, 2.45) is 0 Å². The average Bonchev–Trinajstić information content (AvgIpc) is 2.88. The first-order chi connectivity index (χ1) is 17.8. The average molecular weight is 588 g/mol. The molecule has 0 radical (unpaired) electrons. The summed E-state index contributed by atoms with van der Waals surface area (Å²) in [5.74, 6) is -0.134. The maximum atomic E-state index is 11.7. The quantitative estimate of drug-likeness (QED) is 0.0673. The lowest BCUT2D eigenvalue weighted by Crippen LogP contribution is -2.15. The predicted octanol–water partition coefficient (Wildman–Crippen LogP) is 4.18. The summed E-state index contributed by atoms with van der Waals surface area (Å²) in [6, 6.07) is 0. The molecule has 0 aliphatic heterocycles. The molecule has 0 N–H and O–H groups in total. The van der Waals surface area contributed by atoms with Gasteiger partial charge in [-0.3, -0.25) is 4.79 Å². The number of ether oxygens (including phenoxy) is 8. The minimum Gasteiger partial charge on any atom is -0.463 e. The normalized spacial score (nSPS) is 11.3. The van der Waals surface area contributed by atoms with Crippen molar-refractivity contribution in [3.05, 3.63) is 0 Å². The highest BCUT2D eigenvalue weighted by Crippen LogP contribution is 2.08. The summed E-state index contributed by atoms with van der Waals surface area (Å²) in [6.45, 7) is 9.94. The number of carbonyl (C=O) groups is 1. The van der Waals surface area contributed by atoms with Crippen molar-refractivity contribution >= 4 is 21.9 Å². The fourth-order valence-corrected chi connectivity index (χ4v) is 3.22. The Hall–Kier alpha value is -0.330. The molecule has 0 saturated carbocycles. The van der Waals surface area contributed by atoms with Gasteiger partial charge in [-0.2, -0.15) is 0 Å². The topological polar surface area (TPSA) is 90.9 Å². The molecule has 0 atom stereocenters. The Labute approximate surface area is 227 Å². The van der Waals surface area contributed by atoms with Gasteiger partial charge in [-0.15, -0.1) is 0 Å². The standard InChI is InChI=1S/C26H51BrO9/c1-2-3-4-5-6-7-8-9-26(28)36-25-24-35-23-22-34-21-20-33-19-18-32-17-16-31-15-14-30-13-12-29-11-10-27/h2-25H2,1H3. The molecular formula is C26H51BrO9. The highest BCUT2D eigenvalue weighted by atomic mass is 79.9. The number of unbranched alkanes of at least 4 members (excludes halogenated alkanes) is 6. The van der Waals surface area contributed by atoms with Crippen LogP contribution in [0.2, 0.25) is 0 Å². The van der Waals surface area contributed by atoms with Crippen molar-refractivity contribution in [3.8, 4) is 0 Å². The molecular weight excluding hydrogens is 536 g/mol. The van der Waals surface area contributed by atoms with Crippen LogP contribution in [0.1, 0.15) is 58.3 Å². The third-order valence-electron chi connectivity index (χ3n) is 4.93. The molecule has 0 rings (SSSR count). The van der Waals surface area contributed by atoms with Gasteiger partial charge in [0.05, 0.1) is 92.5 Å². The smallest absolute Gasteiger partial charge is 0.305 e. The lowest BCUT2D eigenvalue weighted by molar-refractivity contribution is -0.145. The van der Waals surface area contributed by atoms with Crippen molar-refractivity contribution in [1.82, 2.24) is 0 Å². The first-order valence-electron chi connectivity index (χ1n) is 13.6. The highest BCUT2D eigenvalue weighted by molar-refractivity contribution is 9.09. The Balaban J connectivity index is 3.10. The minimum absolute atomic E-state index is 0.134. The largest absolute Gasteiger partial charge is 0.463 e. The van der Waals surface area contributed by atoms with Gasteiger partial charge in [-0.05, 0) is 6.42 Å². The van der Waals surface area contributed by atoms with E-state index < -0.39 is 0 Å². The SMILES string of the molecule is CCCCCCCCCC(=O)OCCOCCOCCOCCOCCOCCOCCOCCBr. The second-order valence-electron chi connectivity index (χ2n) is 8.07. The Morgan fingerprint density at radius 1 is 0.472 bits per heavy atom. The first kappa shape index (κ1) is 35.7. The molecule has 0 fully saturated rings. The van der Waals surface area contributed by atoms with E-state index in [-0.39, 0.29) is 5.97 Å². The number of alkyl halides is 1. The third kappa shape index (κ3) is 31.7. The van der Waals surface area contributed by atoms with Gasteiger partial charge in [-0.25, -0.2) is 0 Å². The van der Waals surface area contributed by atoms with E-state index >= 15 is 0 Å². The summed E-state index contributed by atoms with van der Waals surface area (Å²) >= 11 is 3.30. The molecule has 0 bridgehead atoms. The molecule has 0 unspecified atom stereocenters. The lowest BCUT2D eigenvalue weighted by atomic mass is 10.1. The molecule has 0 heterocycles. The van der Waals surface area contributed by atoms with Gasteiger partial charge < -0.3 is 37.9 Å². The van der Waals surface area contributed by atoms with Gasteiger partial charge in [0.2, 0.25) is 0 Å². The number of rotatable bonds is 31. The maximum Gasteiger partial charge on any atom is 0.305 e. The van der Waals surface area contributed by atoms with E-state index in [9.17, 15) is 4.79 Å². The second-order valence-corrected chi connectivity index (χ2v) is 8.86. The summed E-state index contributed by atoms with van der Waals surface area (Å²) < 4.78 is 43.0. The Morgan fingerprint density at radius 3 is 1.19 bits per heavy atom. The molecule has 0 aromatic carbocycles. The zero-order chi connectivity index (χ0) is 26.2. The number of hydrogen-bond acceptors (Lipinski definition) is 9.